The Morgan fingerprint density at radius 3 is 2.40 bits per heavy atom. The summed E-state index contributed by atoms with van der Waals surface area (Å²) in [6, 6.07) is 7.75. The van der Waals surface area contributed by atoms with Crippen molar-refractivity contribution >= 4 is 27.4 Å². The molecule has 0 spiro atoms. The Morgan fingerprint density at radius 2 is 1.88 bits per heavy atom. The summed E-state index contributed by atoms with van der Waals surface area (Å²) in [6.45, 7) is 8.17. The minimum absolute atomic E-state index is 0.176. The summed E-state index contributed by atoms with van der Waals surface area (Å²) in [5.41, 5.74) is 0.971. The fourth-order valence-corrected chi connectivity index (χ4v) is 3.29. The largest absolute Gasteiger partial charge is 0.357 e. The van der Waals surface area contributed by atoms with Crippen LogP contribution in [0.4, 0.5) is 0 Å². The second-order valence-corrected chi connectivity index (χ2v) is 9.89. The summed E-state index contributed by atoms with van der Waals surface area (Å²) in [4.78, 5) is 6.76. The molecule has 1 aromatic rings. The van der Waals surface area contributed by atoms with Crippen molar-refractivity contribution in [1.82, 2.24) is 10.2 Å². The Morgan fingerprint density at radius 1 is 1.28 bits per heavy atom. The smallest absolute Gasteiger partial charge is 0.193 e. The van der Waals surface area contributed by atoms with Crippen molar-refractivity contribution in [2.45, 2.75) is 33.7 Å². The quantitative estimate of drug-likeness (QED) is 0.549. The second-order valence-electron chi connectivity index (χ2n) is 7.20. The molecule has 0 aliphatic heterocycles. The molecule has 0 aliphatic rings. The molecule has 0 saturated heterocycles. The van der Waals surface area contributed by atoms with Crippen molar-refractivity contribution in [3.8, 4) is 0 Å². The molecule has 1 aromatic carbocycles. The van der Waals surface area contributed by atoms with E-state index < -0.39 is 9.84 Å². The first-order chi connectivity index (χ1) is 11.5. The van der Waals surface area contributed by atoms with Gasteiger partial charge in [-0.15, -0.1) is 0 Å². The number of benzene rings is 1. The molecule has 25 heavy (non-hydrogen) atoms. The van der Waals surface area contributed by atoms with Crippen LogP contribution in [0.1, 0.15) is 32.8 Å². The standard InChI is InChI=1S/C18H30ClN3O2S/c1-6-20-17(21-14-18(2,3)11-12-25(5,23)24)22(4)13-15-7-9-16(19)10-8-15/h7-10H,6,11-14H2,1-5H3,(H,20,21). The molecular weight excluding hydrogens is 358 g/mol. The highest BCUT2D eigenvalue weighted by atomic mass is 35.5. The molecule has 0 unspecified atom stereocenters. The summed E-state index contributed by atoms with van der Waals surface area (Å²) < 4.78 is 22.8. The molecule has 0 aromatic heterocycles. The number of aliphatic imine (C=N–C) groups is 1. The lowest BCUT2D eigenvalue weighted by Gasteiger charge is -2.26. The molecule has 1 N–H and O–H groups in total. The zero-order valence-electron chi connectivity index (χ0n) is 15.8. The lowest BCUT2D eigenvalue weighted by molar-refractivity contribution is 0.361. The van der Waals surface area contributed by atoms with E-state index in [1.165, 1.54) is 6.26 Å². The van der Waals surface area contributed by atoms with E-state index in [4.69, 9.17) is 16.6 Å². The van der Waals surface area contributed by atoms with Gasteiger partial charge in [-0.2, -0.15) is 0 Å². The van der Waals surface area contributed by atoms with Gasteiger partial charge in [-0.3, -0.25) is 4.99 Å². The van der Waals surface area contributed by atoms with E-state index in [1.54, 1.807) is 0 Å². The van der Waals surface area contributed by atoms with Gasteiger partial charge in [0, 0.05) is 38.0 Å². The van der Waals surface area contributed by atoms with Crippen LogP contribution in [0.25, 0.3) is 0 Å². The van der Waals surface area contributed by atoms with Gasteiger partial charge in [0.15, 0.2) is 5.96 Å². The van der Waals surface area contributed by atoms with Crippen LogP contribution in [-0.2, 0) is 16.4 Å². The van der Waals surface area contributed by atoms with E-state index >= 15 is 0 Å². The van der Waals surface area contributed by atoms with Crippen LogP contribution in [0.5, 0.6) is 0 Å². The monoisotopic (exact) mass is 387 g/mol. The number of guanidine groups is 1. The predicted molar refractivity (Wildman–Crippen MR) is 107 cm³/mol. The third kappa shape index (κ3) is 9.12. The van der Waals surface area contributed by atoms with E-state index in [0.29, 0.717) is 19.5 Å². The highest BCUT2D eigenvalue weighted by Gasteiger charge is 2.20. The van der Waals surface area contributed by atoms with Crippen LogP contribution in [0.2, 0.25) is 5.02 Å². The van der Waals surface area contributed by atoms with E-state index in [1.807, 2.05) is 52.1 Å². The molecule has 142 valence electrons. The third-order valence-corrected chi connectivity index (χ3v) is 5.03. The number of nitrogens with zero attached hydrogens (tertiary/aromatic N) is 2. The molecule has 0 heterocycles. The molecule has 0 aliphatic carbocycles. The van der Waals surface area contributed by atoms with E-state index in [0.717, 1.165) is 23.1 Å². The van der Waals surface area contributed by atoms with Crippen LogP contribution in [0.3, 0.4) is 0 Å². The maximum atomic E-state index is 11.4. The Labute approximate surface area is 157 Å². The summed E-state index contributed by atoms with van der Waals surface area (Å²) >= 11 is 5.93. The number of hydrogen-bond donors (Lipinski definition) is 1. The molecule has 0 bridgehead atoms. The molecule has 7 heteroatoms. The van der Waals surface area contributed by atoms with Crippen molar-refractivity contribution in [2.75, 3.05) is 32.1 Å². The first kappa shape index (κ1) is 21.8. The fraction of sp³-hybridized carbons (Fsp3) is 0.611. The Balaban J connectivity index is 2.75. The van der Waals surface area contributed by atoms with E-state index in [9.17, 15) is 8.42 Å². The van der Waals surface area contributed by atoms with Gasteiger partial charge in [-0.25, -0.2) is 8.42 Å². The summed E-state index contributed by atoms with van der Waals surface area (Å²) in [7, 11) is -0.966. The van der Waals surface area contributed by atoms with Crippen molar-refractivity contribution in [1.29, 1.82) is 0 Å². The fourth-order valence-electron chi connectivity index (χ4n) is 2.24. The van der Waals surface area contributed by atoms with Crippen LogP contribution in [0, 0.1) is 5.41 Å². The van der Waals surface area contributed by atoms with Gasteiger partial charge in [0.2, 0.25) is 0 Å². The minimum atomic E-state index is -2.95. The van der Waals surface area contributed by atoms with Gasteiger partial charge >= 0.3 is 0 Å². The number of hydrogen-bond acceptors (Lipinski definition) is 3. The second kappa shape index (κ2) is 9.43. The van der Waals surface area contributed by atoms with Gasteiger partial charge in [0.25, 0.3) is 0 Å². The van der Waals surface area contributed by atoms with Crippen LogP contribution < -0.4 is 5.32 Å². The number of halogens is 1. The predicted octanol–water partition coefficient (Wildman–Crippen LogP) is 3.20. The summed E-state index contributed by atoms with van der Waals surface area (Å²) in [5.74, 6) is 0.997. The van der Waals surface area contributed by atoms with Gasteiger partial charge in [0.1, 0.15) is 9.84 Å². The first-order valence-electron chi connectivity index (χ1n) is 8.44. The van der Waals surface area contributed by atoms with Crippen LogP contribution in [0.15, 0.2) is 29.3 Å². The third-order valence-electron chi connectivity index (χ3n) is 3.84. The van der Waals surface area contributed by atoms with Gasteiger partial charge in [0.05, 0.1) is 5.75 Å². The maximum absolute atomic E-state index is 11.4. The number of sulfone groups is 1. The summed E-state index contributed by atoms with van der Waals surface area (Å²) in [5, 5.41) is 4.01. The Bertz CT molecular complexity index is 670. The normalized spacial score (nSPS) is 13.0. The molecule has 0 amide bonds. The van der Waals surface area contributed by atoms with Gasteiger partial charge < -0.3 is 10.2 Å². The Hall–Kier alpha value is -1.27. The van der Waals surface area contributed by atoms with Crippen molar-refractivity contribution in [3.05, 3.63) is 34.9 Å². The Kier molecular flexibility index (Phi) is 8.22. The number of nitrogens with one attached hydrogen (secondary N) is 1. The average molecular weight is 388 g/mol. The average Bonchev–Trinajstić information content (AvgIpc) is 2.51. The molecule has 1 rings (SSSR count). The van der Waals surface area contributed by atoms with Crippen LogP contribution >= 0.6 is 11.6 Å². The topological polar surface area (TPSA) is 61.8 Å². The van der Waals surface area contributed by atoms with E-state index in [2.05, 4.69) is 10.2 Å². The molecule has 0 saturated carbocycles. The first-order valence-corrected chi connectivity index (χ1v) is 10.9. The maximum Gasteiger partial charge on any atom is 0.193 e. The molecule has 0 radical (unpaired) electrons. The van der Waals surface area contributed by atoms with Crippen molar-refractivity contribution < 1.29 is 8.42 Å². The highest BCUT2D eigenvalue weighted by Crippen LogP contribution is 2.21. The van der Waals surface area contributed by atoms with Crippen LogP contribution in [-0.4, -0.2) is 51.4 Å². The van der Waals surface area contributed by atoms with Crippen molar-refractivity contribution in [2.24, 2.45) is 10.4 Å². The summed E-state index contributed by atoms with van der Waals surface area (Å²) in [6.07, 6.45) is 1.87. The lowest BCUT2D eigenvalue weighted by Crippen LogP contribution is -2.39. The van der Waals surface area contributed by atoms with Crippen molar-refractivity contribution in [3.63, 3.8) is 0 Å². The zero-order chi connectivity index (χ0) is 19.1. The number of rotatable bonds is 8. The lowest BCUT2D eigenvalue weighted by atomic mass is 9.90. The minimum Gasteiger partial charge on any atom is -0.357 e. The molecule has 5 nitrogen and oxygen atoms in total. The van der Waals surface area contributed by atoms with Gasteiger partial charge in [-0.1, -0.05) is 37.6 Å². The SMILES string of the molecule is CCNC(=NCC(C)(C)CCS(C)(=O)=O)N(C)Cc1ccc(Cl)cc1. The highest BCUT2D eigenvalue weighted by molar-refractivity contribution is 7.90. The molecular formula is C18H30ClN3O2S. The van der Waals surface area contributed by atoms with E-state index in [-0.39, 0.29) is 11.2 Å². The molecule has 0 atom stereocenters. The zero-order valence-corrected chi connectivity index (χ0v) is 17.4. The molecule has 0 fully saturated rings. The van der Waals surface area contributed by atoms with Gasteiger partial charge in [-0.05, 0) is 36.5 Å².